The van der Waals surface area contributed by atoms with Gasteiger partial charge >= 0.3 is 0 Å². The van der Waals surface area contributed by atoms with Gasteiger partial charge in [-0.3, -0.25) is 4.90 Å². The first-order valence-electron chi connectivity index (χ1n) is 9.13. The summed E-state index contributed by atoms with van der Waals surface area (Å²) in [6.45, 7) is 8.38. The Hall–Kier alpha value is -1.10. The van der Waals surface area contributed by atoms with Crippen LogP contribution in [0.2, 0.25) is 0 Å². The highest BCUT2D eigenvalue weighted by molar-refractivity contribution is 5.43. The van der Waals surface area contributed by atoms with Crippen LogP contribution in [-0.2, 0) is 0 Å². The van der Waals surface area contributed by atoms with Crippen LogP contribution in [0.5, 0.6) is 0 Å². The predicted octanol–water partition coefficient (Wildman–Crippen LogP) is 2.27. The van der Waals surface area contributed by atoms with Crippen LogP contribution in [0.25, 0.3) is 0 Å². The largest absolute Gasteiger partial charge is 0.390 e. The number of anilines is 1. The first kappa shape index (κ1) is 16.7. The summed E-state index contributed by atoms with van der Waals surface area (Å²) in [5.74, 6) is 0.854. The maximum absolute atomic E-state index is 10.4. The molecule has 2 fully saturated rings. The molecule has 2 saturated heterocycles. The zero-order chi connectivity index (χ0) is 16.1. The maximum atomic E-state index is 10.4. The molecule has 23 heavy (non-hydrogen) atoms. The van der Waals surface area contributed by atoms with Crippen molar-refractivity contribution in [3.63, 3.8) is 0 Å². The van der Waals surface area contributed by atoms with E-state index in [-0.39, 0.29) is 6.10 Å². The van der Waals surface area contributed by atoms with Gasteiger partial charge in [0.1, 0.15) is 0 Å². The molecule has 2 N–H and O–H groups in total. The second-order valence-electron chi connectivity index (χ2n) is 7.39. The Morgan fingerprint density at radius 1 is 1.04 bits per heavy atom. The fourth-order valence-corrected chi connectivity index (χ4v) is 3.78. The van der Waals surface area contributed by atoms with Crippen LogP contribution in [0.1, 0.15) is 26.2 Å². The number of aliphatic hydroxyl groups excluding tert-OH is 1. The lowest BCUT2D eigenvalue weighted by Crippen LogP contribution is -2.43. The third-order valence-electron chi connectivity index (χ3n) is 5.23. The number of aliphatic hydroxyl groups is 1. The SMILES string of the molecule is CC1CCN(CC(O)CN2CCC(Nc3ccccc3)C2)CC1. The molecule has 2 heterocycles. The highest BCUT2D eigenvalue weighted by atomic mass is 16.3. The molecule has 0 aromatic heterocycles. The van der Waals surface area contributed by atoms with Crippen molar-refractivity contribution in [3.8, 4) is 0 Å². The van der Waals surface area contributed by atoms with Crippen LogP contribution in [0, 0.1) is 5.92 Å². The van der Waals surface area contributed by atoms with Crippen molar-refractivity contribution in [2.24, 2.45) is 5.92 Å². The number of rotatable bonds is 6. The van der Waals surface area contributed by atoms with Crippen LogP contribution in [0.3, 0.4) is 0 Å². The van der Waals surface area contributed by atoms with Crippen molar-refractivity contribution in [1.82, 2.24) is 9.80 Å². The number of nitrogens with zero attached hydrogens (tertiary/aromatic N) is 2. The van der Waals surface area contributed by atoms with Gasteiger partial charge in [0.15, 0.2) is 0 Å². The van der Waals surface area contributed by atoms with Gasteiger partial charge in [-0.15, -0.1) is 0 Å². The van der Waals surface area contributed by atoms with Gasteiger partial charge in [0.25, 0.3) is 0 Å². The molecule has 0 aliphatic carbocycles. The van der Waals surface area contributed by atoms with Gasteiger partial charge in [0, 0.05) is 37.9 Å². The lowest BCUT2D eigenvalue weighted by molar-refractivity contribution is 0.0672. The molecule has 0 amide bonds. The van der Waals surface area contributed by atoms with Crippen LogP contribution < -0.4 is 5.32 Å². The number of nitrogens with one attached hydrogen (secondary N) is 1. The Morgan fingerprint density at radius 2 is 1.70 bits per heavy atom. The summed E-state index contributed by atoms with van der Waals surface area (Å²) in [4.78, 5) is 4.83. The Bertz CT molecular complexity index is 459. The minimum absolute atomic E-state index is 0.223. The molecule has 0 saturated carbocycles. The first-order valence-corrected chi connectivity index (χ1v) is 9.13. The number of para-hydroxylation sites is 1. The molecule has 128 valence electrons. The fourth-order valence-electron chi connectivity index (χ4n) is 3.78. The quantitative estimate of drug-likeness (QED) is 0.844. The van der Waals surface area contributed by atoms with Gasteiger partial charge in [-0.2, -0.15) is 0 Å². The molecule has 2 unspecified atom stereocenters. The lowest BCUT2D eigenvalue weighted by Gasteiger charge is -2.32. The van der Waals surface area contributed by atoms with Gasteiger partial charge in [0.05, 0.1) is 6.10 Å². The van der Waals surface area contributed by atoms with Gasteiger partial charge < -0.3 is 15.3 Å². The summed E-state index contributed by atoms with van der Waals surface area (Å²) in [7, 11) is 0. The van der Waals surface area contributed by atoms with Crippen molar-refractivity contribution >= 4 is 5.69 Å². The molecule has 2 aliphatic rings. The average molecular weight is 317 g/mol. The van der Waals surface area contributed by atoms with E-state index in [1.54, 1.807) is 0 Å². The maximum Gasteiger partial charge on any atom is 0.0793 e. The second-order valence-corrected chi connectivity index (χ2v) is 7.39. The highest BCUT2D eigenvalue weighted by Crippen LogP contribution is 2.18. The molecule has 3 rings (SSSR count). The summed E-state index contributed by atoms with van der Waals surface area (Å²) in [5, 5.41) is 14.0. The van der Waals surface area contributed by atoms with E-state index in [4.69, 9.17) is 0 Å². The van der Waals surface area contributed by atoms with Crippen molar-refractivity contribution in [1.29, 1.82) is 0 Å². The molecule has 1 aromatic carbocycles. The normalized spacial score (nSPS) is 25.6. The minimum atomic E-state index is -0.223. The number of hydrogen-bond donors (Lipinski definition) is 2. The third kappa shape index (κ3) is 5.20. The van der Waals surface area contributed by atoms with E-state index >= 15 is 0 Å². The van der Waals surface area contributed by atoms with Crippen molar-refractivity contribution in [3.05, 3.63) is 30.3 Å². The molecule has 1 aromatic rings. The van der Waals surface area contributed by atoms with Crippen LogP contribution >= 0.6 is 0 Å². The summed E-state index contributed by atoms with van der Waals surface area (Å²) >= 11 is 0. The monoisotopic (exact) mass is 317 g/mol. The molecule has 0 radical (unpaired) electrons. The van der Waals surface area contributed by atoms with Crippen LogP contribution in [0.4, 0.5) is 5.69 Å². The Morgan fingerprint density at radius 3 is 2.43 bits per heavy atom. The summed E-state index contributed by atoms with van der Waals surface area (Å²) < 4.78 is 0. The van der Waals surface area contributed by atoms with E-state index in [9.17, 15) is 5.11 Å². The van der Waals surface area contributed by atoms with Crippen molar-refractivity contribution < 1.29 is 5.11 Å². The lowest BCUT2D eigenvalue weighted by atomic mass is 9.99. The summed E-state index contributed by atoms with van der Waals surface area (Å²) in [5.41, 5.74) is 1.20. The minimum Gasteiger partial charge on any atom is -0.390 e. The molecule has 4 heteroatoms. The zero-order valence-electron chi connectivity index (χ0n) is 14.3. The van der Waals surface area contributed by atoms with E-state index in [0.717, 1.165) is 51.6 Å². The highest BCUT2D eigenvalue weighted by Gasteiger charge is 2.25. The molecule has 0 bridgehead atoms. The second kappa shape index (κ2) is 8.13. The first-order chi connectivity index (χ1) is 11.2. The van der Waals surface area contributed by atoms with E-state index in [1.807, 2.05) is 6.07 Å². The van der Waals surface area contributed by atoms with Gasteiger partial charge in [-0.25, -0.2) is 0 Å². The zero-order valence-corrected chi connectivity index (χ0v) is 14.3. The number of hydrogen-bond acceptors (Lipinski definition) is 4. The smallest absolute Gasteiger partial charge is 0.0793 e. The average Bonchev–Trinajstić information content (AvgIpc) is 2.97. The summed E-state index contributed by atoms with van der Waals surface area (Å²) in [6, 6.07) is 10.9. The van der Waals surface area contributed by atoms with Gasteiger partial charge in [0.2, 0.25) is 0 Å². The number of benzene rings is 1. The van der Waals surface area contributed by atoms with Gasteiger partial charge in [-0.1, -0.05) is 25.1 Å². The number of β-amino-alcohol motifs (C(OH)–C–C–N with tert-alkyl or cyclic N) is 1. The van der Waals surface area contributed by atoms with Crippen molar-refractivity contribution in [2.45, 2.75) is 38.3 Å². The Balaban J connectivity index is 1.37. The van der Waals surface area contributed by atoms with E-state index < -0.39 is 0 Å². The third-order valence-corrected chi connectivity index (χ3v) is 5.23. The number of piperidine rings is 1. The standard InChI is InChI=1S/C19H31N3O/c1-16-7-10-21(11-8-16)14-19(23)15-22-12-9-18(13-22)20-17-5-3-2-4-6-17/h2-6,16,18-20,23H,7-15H2,1H3. The number of likely N-dealkylation sites (tertiary alicyclic amines) is 2. The molecule has 2 aliphatic heterocycles. The predicted molar refractivity (Wildman–Crippen MR) is 95.8 cm³/mol. The Labute approximate surface area is 140 Å². The molecular formula is C19H31N3O. The van der Waals surface area contributed by atoms with Gasteiger partial charge in [-0.05, 0) is 50.4 Å². The molecule has 2 atom stereocenters. The molecule has 4 nitrogen and oxygen atoms in total. The van der Waals surface area contributed by atoms with Crippen LogP contribution in [-0.4, -0.2) is 66.3 Å². The van der Waals surface area contributed by atoms with Crippen LogP contribution in [0.15, 0.2) is 30.3 Å². The molecular weight excluding hydrogens is 286 g/mol. The summed E-state index contributed by atoms with van der Waals surface area (Å²) in [6.07, 6.45) is 3.49. The topological polar surface area (TPSA) is 38.7 Å². The van der Waals surface area contributed by atoms with E-state index in [2.05, 4.69) is 46.3 Å². The van der Waals surface area contributed by atoms with E-state index in [1.165, 1.54) is 18.5 Å². The fraction of sp³-hybridized carbons (Fsp3) is 0.684. The molecule has 0 spiro atoms. The van der Waals surface area contributed by atoms with Crippen molar-refractivity contribution in [2.75, 3.05) is 44.6 Å². The Kier molecular flexibility index (Phi) is 5.92. The van der Waals surface area contributed by atoms with E-state index in [0.29, 0.717) is 6.04 Å².